The van der Waals surface area contributed by atoms with Gasteiger partial charge < -0.3 is 14.2 Å². The third-order valence-electron chi connectivity index (χ3n) is 4.06. The van der Waals surface area contributed by atoms with Crippen molar-refractivity contribution in [2.24, 2.45) is 0 Å². The van der Waals surface area contributed by atoms with Gasteiger partial charge in [-0.3, -0.25) is 9.69 Å². The van der Waals surface area contributed by atoms with Crippen molar-refractivity contribution >= 4 is 40.3 Å². The normalized spacial score (nSPS) is 14.9. The Kier molecular flexibility index (Phi) is 7.32. The summed E-state index contributed by atoms with van der Waals surface area (Å²) in [7, 11) is 1.62. The number of benzene rings is 2. The van der Waals surface area contributed by atoms with Crippen molar-refractivity contribution in [1.29, 1.82) is 0 Å². The van der Waals surface area contributed by atoms with Crippen molar-refractivity contribution in [2.45, 2.75) is 0 Å². The summed E-state index contributed by atoms with van der Waals surface area (Å²) in [5.41, 5.74) is 0.816. The third kappa shape index (κ3) is 5.40. The topological polar surface area (TPSA) is 48.0 Å². The summed E-state index contributed by atoms with van der Waals surface area (Å²) >= 11 is 6.57. The van der Waals surface area contributed by atoms with E-state index in [4.69, 9.17) is 26.4 Å². The van der Waals surface area contributed by atoms with E-state index >= 15 is 0 Å². The van der Waals surface area contributed by atoms with Gasteiger partial charge in [0.2, 0.25) is 0 Å². The van der Waals surface area contributed by atoms with E-state index in [1.807, 2.05) is 54.6 Å². The van der Waals surface area contributed by atoms with Crippen LogP contribution in [0.15, 0.2) is 66.1 Å². The molecule has 7 heteroatoms. The van der Waals surface area contributed by atoms with Crippen LogP contribution in [0.2, 0.25) is 0 Å². The first kappa shape index (κ1) is 21.0. The van der Waals surface area contributed by atoms with E-state index in [1.165, 1.54) is 16.7 Å². The summed E-state index contributed by atoms with van der Waals surface area (Å²) in [6.07, 6.45) is 3.47. The van der Waals surface area contributed by atoms with Crippen molar-refractivity contribution in [3.8, 4) is 17.2 Å². The van der Waals surface area contributed by atoms with Gasteiger partial charge >= 0.3 is 0 Å². The van der Waals surface area contributed by atoms with Gasteiger partial charge in [0.15, 0.2) is 0 Å². The second kappa shape index (κ2) is 10.1. The average molecular weight is 428 g/mol. The maximum atomic E-state index is 12.5. The molecule has 0 aromatic heterocycles. The molecule has 0 aliphatic carbocycles. The second-order valence-electron chi connectivity index (χ2n) is 5.99. The van der Waals surface area contributed by atoms with Crippen LogP contribution in [0.1, 0.15) is 5.56 Å². The Morgan fingerprint density at radius 1 is 1.07 bits per heavy atom. The van der Waals surface area contributed by atoms with Gasteiger partial charge in [0, 0.05) is 12.1 Å². The van der Waals surface area contributed by atoms with E-state index in [1.54, 1.807) is 13.2 Å². The number of methoxy groups -OCH3 is 1. The Hall–Kier alpha value is -2.77. The summed E-state index contributed by atoms with van der Waals surface area (Å²) in [5.74, 6) is 2.09. The van der Waals surface area contributed by atoms with Gasteiger partial charge in [-0.15, -0.1) is 6.58 Å². The lowest BCUT2D eigenvalue weighted by atomic mass is 10.2. The van der Waals surface area contributed by atoms with Gasteiger partial charge in [-0.2, -0.15) is 0 Å². The number of para-hydroxylation sites is 1. The Morgan fingerprint density at radius 2 is 1.76 bits per heavy atom. The molecule has 0 unspecified atom stereocenters. The number of nitrogens with zero attached hydrogens (tertiary/aromatic N) is 1. The summed E-state index contributed by atoms with van der Waals surface area (Å²) in [6, 6.07) is 14.9. The number of amides is 1. The van der Waals surface area contributed by atoms with E-state index in [-0.39, 0.29) is 5.91 Å². The first-order chi connectivity index (χ1) is 14.1. The molecular formula is C22H21NO4S2. The highest BCUT2D eigenvalue weighted by atomic mass is 32.2. The molecule has 5 nitrogen and oxygen atoms in total. The monoisotopic (exact) mass is 427 g/mol. The first-order valence-corrected chi connectivity index (χ1v) is 10.2. The number of ether oxygens (including phenoxy) is 3. The van der Waals surface area contributed by atoms with Crippen molar-refractivity contribution in [2.75, 3.05) is 26.9 Å². The molecule has 1 aliphatic rings. The maximum Gasteiger partial charge on any atom is 0.266 e. The molecule has 29 heavy (non-hydrogen) atoms. The molecule has 150 valence electrons. The van der Waals surface area contributed by atoms with Crippen LogP contribution in [-0.4, -0.2) is 42.0 Å². The predicted molar refractivity (Wildman–Crippen MR) is 121 cm³/mol. The van der Waals surface area contributed by atoms with Crippen LogP contribution >= 0.6 is 24.0 Å². The molecule has 2 aromatic carbocycles. The molecule has 0 atom stereocenters. The standard InChI is InChI=1S/C22H21NO4S2/c1-3-12-23-21(24)20(29-22(23)28)15-16-6-4-5-7-19(16)27-14-13-26-18-10-8-17(25-2)9-11-18/h3-11,15H,1,12-14H2,2H3/b20-15-. The number of carbonyl (C=O) groups is 1. The van der Waals surface area contributed by atoms with Crippen molar-refractivity contribution < 1.29 is 19.0 Å². The minimum absolute atomic E-state index is 0.113. The van der Waals surface area contributed by atoms with Crippen LogP contribution in [0.3, 0.4) is 0 Å². The predicted octanol–water partition coefficient (Wildman–Crippen LogP) is 4.54. The Labute approximate surface area is 179 Å². The van der Waals surface area contributed by atoms with Crippen LogP contribution in [0.5, 0.6) is 17.2 Å². The summed E-state index contributed by atoms with van der Waals surface area (Å²) in [6.45, 7) is 4.83. The zero-order valence-corrected chi connectivity index (χ0v) is 17.6. The van der Waals surface area contributed by atoms with E-state index in [0.717, 1.165) is 17.1 Å². The Morgan fingerprint density at radius 3 is 2.48 bits per heavy atom. The molecule has 0 bridgehead atoms. The molecule has 1 heterocycles. The van der Waals surface area contributed by atoms with Gasteiger partial charge in [-0.25, -0.2) is 0 Å². The highest BCUT2D eigenvalue weighted by Crippen LogP contribution is 2.34. The van der Waals surface area contributed by atoms with Crippen LogP contribution in [-0.2, 0) is 4.79 Å². The average Bonchev–Trinajstić information content (AvgIpc) is 3.00. The van der Waals surface area contributed by atoms with Crippen molar-refractivity contribution in [3.05, 3.63) is 71.7 Å². The van der Waals surface area contributed by atoms with E-state index in [9.17, 15) is 4.79 Å². The first-order valence-electron chi connectivity index (χ1n) is 8.97. The molecule has 3 rings (SSSR count). The lowest BCUT2D eigenvalue weighted by Crippen LogP contribution is -2.27. The molecule has 1 saturated heterocycles. The number of thiocarbonyl (C=S) groups is 1. The van der Waals surface area contributed by atoms with Crippen LogP contribution < -0.4 is 14.2 Å². The summed E-state index contributed by atoms with van der Waals surface area (Å²) in [5, 5.41) is 0. The molecule has 0 N–H and O–H groups in total. The lowest BCUT2D eigenvalue weighted by Gasteiger charge is -2.11. The maximum absolute atomic E-state index is 12.5. The molecule has 0 radical (unpaired) electrons. The largest absolute Gasteiger partial charge is 0.497 e. The van der Waals surface area contributed by atoms with Crippen LogP contribution in [0.4, 0.5) is 0 Å². The number of hydrogen-bond acceptors (Lipinski definition) is 6. The minimum atomic E-state index is -0.113. The second-order valence-corrected chi connectivity index (χ2v) is 7.67. The van der Waals surface area contributed by atoms with Crippen molar-refractivity contribution in [3.63, 3.8) is 0 Å². The smallest absolute Gasteiger partial charge is 0.266 e. The zero-order chi connectivity index (χ0) is 20.6. The van der Waals surface area contributed by atoms with Crippen molar-refractivity contribution in [1.82, 2.24) is 4.90 Å². The van der Waals surface area contributed by atoms with Crippen LogP contribution in [0, 0.1) is 0 Å². The van der Waals surface area contributed by atoms with Gasteiger partial charge in [-0.05, 0) is 36.4 Å². The van der Waals surface area contributed by atoms with E-state index in [2.05, 4.69) is 6.58 Å². The summed E-state index contributed by atoms with van der Waals surface area (Å²) < 4.78 is 17.2. The molecule has 1 fully saturated rings. The van der Waals surface area contributed by atoms with E-state index in [0.29, 0.717) is 34.7 Å². The van der Waals surface area contributed by atoms with Gasteiger partial charge in [0.05, 0.1) is 12.0 Å². The third-order valence-corrected chi connectivity index (χ3v) is 5.44. The SMILES string of the molecule is C=CCN1C(=O)/C(=C/c2ccccc2OCCOc2ccc(OC)cc2)SC1=S. The molecule has 2 aromatic rings. The number of hydrogen-bond donors (Lipinski definition) is 0. The minimum Gasteiger partial charge on any atom is -0.497 e. The Bertz CT molecular complexity index is 925. The fourth-order valence-corrected chi connectivity index (χ4v) is 3.91. The quantitative estimate of drug-likeness (QED) is 0.253. The van der Waals surface area contributed by atoms with Crippen LogP contribution in [0.25, 0.3) is 6.08 Å². The number of thioether (sulfide) groups is 1. The fraction of sp³-hybridized carbons (Fsp3) is 0.182. The molecule has 1 aliphatic heterocycles. The molecule has 1 amide bonds. The van der Waals surface area contributed by atoms with E-state index < -0.39 is 0 Å². The molecule has 0 saturated carbocycles. The zero-order valence-electron chi connectivity index (χ0n) is 16.0. The van der Waals surface area contributed by atoms with Gasteiger partial charge in [0.25, 0.3) is 5.91 Å². The van der Waals surface area contributed by atoms with Gasteiger partial charge in [-0.1, -0.05) is 48.3 Å². The highest BCUT2D eigenvalue weighted by Gasteiger charge is 2.31. The number of rotatable bonds is 9. The Balaban J connectivity index is 1.61. The molecule has 0 spiro atoms. The number of carbonyl (C=O) groups excluding carboxylic acids is 1. The highest BCUT2D eigenvalue weighted by molar-refractivity contribution is 8.26. The summed E-state index contributed by atoms with van der Waals surface area (Å²) in [4.78, 5) is 14.6. The fourth-order valence-electron chi connectivity index (χ4n) is 2.64. The molecular weight excluding hydrogens is 406 g/mol. The van der Waals surface area contributed by atoms with Gasteiger partial charge in [0.1, 0.15) is 34.8 Å². The lowest BCUT2D eigenvalue weighted by molar-refractivity contribution is -0.121.